The molecule has 2 aliphatic heterocycles. The number of aliphatic hydroxyl groups is 2. The van der Waals surface area contributed by atoms with Gasteiger partial charge in [0.1, 0.15) is 23.4 Å². The van der Waals surface area contributed by atoms with E-state index in [1.807, 2.05) is 30.3 Å². The van der Waals surface area contributed by atoms with E-state index in [9.17, 15) is 15.0 Å². The van der Waals surface area contributed by atoms with Crippen molar-refractivity contribution in [3.63, 3.8) is 0 Å². The van der Waals surface area contributed by atoms with E-state index in [2.05, 4.69) is 0 Å². The Bertz CT molecular complexity index is 1370. The number of hydrogen-bond acceptors (Lipinski definition) is 9. The van der Waals surface area contributed by atoms with Crippen LogP contribution >= 0.6 is 0 Å². The van der Waals surface area contributed by atoms with Crippen molar-refractivity contribution >= 4 is 5.97 Å². The van der Waals surface area contributed by atoms with Crippen molar-refractivity contribution < 1.29 is 43.4 Å². The minimum atomic E-state index is -2.13. The summed E-state index contributed by atoms with van der Waals surface area (Å²) in [6, 6.07) is 17.6. The molecule has 9 heteroatoms. The van der Waals surface area contributed by atoms with Gasteiger partial charge < -0.3 is 38.6 Å². The molecule has 3 aliphatic rings. The second-order valence-corrected chi connectivity index (χ2v) is 9.26. The molecule has 9 nitrogen and oxygen atoms in total. The zero-order chi connectivity index (χ0) is 25.9. The highest BCUT2D eigenvalue weighted by Gasteiger charge is 2.78. The van der Waals surface area contributed by atoms with Crippen molar-refractivity contribution in [3.8, 4) is 28.7 Å². The Morgan fingerprint density at radius 1 is 0.946 bits per heavy atom. The summed E-state index contributed by atoms with van der Waals surface area (Å²) in [5.74, 6) is -0.779. The topological polar surface area (TPSA) is 113 Å². The molecule has 3 aromatic rings. The summed E-state index contributed by atoms with van der Waals surface area (Å²) in [7, 11) is 4.21. The summed E-state index contributed by atoms with van der Waals surface area (Å²) in [6.45, 7) is 0.0533. The highest BCUT2D eigenvalue weighted by Crippen LogP contribution is 2.70. The highest BCUT2D eigenvalue weighted by atomic mass is 16.7. The Balaban J connectivity index is 1.71. The Hall–Kier alpha value is -3.95. The number of ether oxygens (including phenoxy) is 6. The van der Waals surface area contributed by atoms with Crippen LogP contribution in [0.2, 0.25) is 0 Å². The van der Waals surface area contributed by atoms with Crippen LogP contribution in [0.25, 0.3) is 0 Å². The molecule has 1 saturated carbocycles. The van der Waals surface area contributed by atoms with Crippen LogP contribution in [0.1, 0.15) is 22.6 Å². The summed E-state index contributed by atoms with van der Waals surface area (Å²) < 4.78 is 34.1. The molecule has 1 aliphatic carbocycles. The summed E-state index contributed by atoms with van der Waals surface area (Å²) >= 11 is 0. The lowest BCUT2D eigenvalue weighted by molar-refractivity contribution is -0.161. The molecule has 192 valence electrons. The van der Waals surface area contributed by atoms with Gasteiger partial charge in [-0.3, -0.25) is 4.79 Å². The molecule has 1 unspecified atom stereocenters. The molecule has 1 fully saturated rings. The number of carbonyl (C=O) groups excluding carboxylic acids is 1. The maximum atomic E-state index is 13.3. The Labute approximate surface area is 213 Å². The summed E-state index contributed by atoms with van der Waals surface area (Å²) in [5.41, 5.74) is -2.45. The van der Waals surface area contributed by atoms with Gasteiger partial charge in [0, 0.05) is 23.6 Å². The highest BCUT2D eigenvalue weighted by molar-refractivity contribution is 5.78. The molecular weight excluding hydrogens is 480 g/mol. The third-order valence-electron chi connectivity index (χ3n) is 7.71. The van der Waals surface area contributed by atoms with Crippen molar-refractivity contribution in [2.75, 3.05) is 28.1 Å². The molecule has 0 spiro atoms. The van der Waals surface area contributed by atoms with Gasteiger partial charge in [-0.15, -0.1) is 0 Å². The fourth-order valence-corrected chi connectivity index (χ4v) is 6.19. The molecule has 2 heterocycles. The summed E-state index contributed by atoms with van der Waals surface area (Å²) in [4.78, 5) is 13.3. The van der Waals surface area contributed by atoms with Crippen LogP contribution in [0, 0.1) is 5.92 Å². The van der Waals surface area contributed by atoms with Gasteiger partial charge in [-0.05, 0) is 17.7 Å². The first-order chi connectivity index (χ1) is 17.9. The van der Waals surface area contributed by atoms with E-state index in [0.717, 1.165) is 0 Å². The first-order valence-electron chi connectivity index (χ1n) is 11.8. The smallest absolute Gasteiger partial charge is 0.312 e. The van der Waals surface area contributed by atoms with E-state index in [1.54, 1.807) is 30.3 Å². The van der Waals surface area contributed by atoms with Gasteiger partial charge in [0.2, 0.25) is 6.79 Å². The van der Waals surface area contributed by atoms with E-state index in [-0.39, 0.29) is 23.9 Å². The first-order valence-corrected chi connectivity index (χ1v) is 11.8. The number of hydrogen-bond donors (Lipinski definition) is 2. The fourth-order valence-electron chi connectivity index (χ4n) is 6.19. The molecule has 5 atom stereocenters. The van der Waals surface area contributed by atoms with Gasteiger partial charge in [0.25, 0.3) is 0 Å². The maximum absolute atomic E-state index is 13.3. The summed E-state index contributed by atoms with van der Waals surface area (Å²) in [6.07, 6.45) is -1.63. The number of benzene rings is 3. The average molecular weight is 507 g/mol. The van der Waals surface area contributed by atoms with Crippen molar-refractivity contribution in [1.82, 2.24) is 0 Å². The predicted octanol–water partition coefficient (Wildman–Crippen LogP) is 2.86. The van der Waals surface area contributed by atoms with Crippen LogP contribution in [0.3, 0.4) is 0 Å². The van der Waals surface area contributed by atoms with Crippen LogP contribution in [-0.2, 0) is 20.7 Å². The van der Waals surface area contributed by atoms with Crippen LogP contribution in [0.5, 0.6) is 28.7 Å². The number of esters is 1. The molecule has 0 radical (unpaired) electrons. The van der Waals surface area contributed by atoms with Gasteiger partial charge in [0.15, 0.2) is 22.7 Å². The molecule has 0 saturated heterocycles. The second-order valence-electron chi connectivity index (χ2n) is 9.26. The quantitative estimate of drug-likeness (QED) is 0.505. The van der Waals surface area contributed by atoms with Gasteiger partial charge in [-0.1, -0.05) is 36.4 Å². The van der Waals surface area contributed by atoms with Crippen molar-refractivity contribution in [3.05, 3.63) is 77.4 Å². The lowest BCUT2D eigenvalue weighted by atomic mass is 9.70. The molecule has 6 rings (SSSR count). The van der Waals surface area contributed by atoms with E-state index >= 15 is 0 Å². The van der Waals surface area contributed by atoms with Crippen LogP contribution in [0.4, 0.5) is 0 Å². The lowest BCUT2D eigenvalue weighted by Crippen LogP contribution is -2.52. The van der Waals surface area contributed by atoms with E-state index in [4.69, 9.17) is 28.4 Å². The molecule has 3 aromatic carbocycles. The monoisotopic (exact) mass is 506 g/mol. The molecule has 37 heavy (non-hydrogen) atoms. The SMILES string of the molecule is COC(=O)C1[C@@H](O)[C@@]2(O)c3c(OC)cc(OC)cc3O[C@@]2(c2ccc3c(c2)OCO3)[C@@H]1c1ccccc1. The van der Waals surface area contributed by atoms with Crippen molar-refractivity contribution in [2.45, 2.75) is 23.2 Å². The standard InChI is InChI=1S/C28H26O9/c1-32-17-12-20(33-2)24-21(13-17)37-28(16-9-10-18-19(11-16)36-14-35-18)23(15-7-5-4-6-8-15)22(26(30)34-3)25(29)27(24,28)31/h4-13,22-23,25,29,31H,14H2,1-3H3/t22?,23-,25-,27+,28+/m1/s1. The van der Waals surface area contributed by atoms with Gasteiger partial charge in [-0.2, -0.15) is 0 Å². The average Bonchev–Trinajstić information content (AvgIpc) is 3.56. The van der Waals surface area contributed by atoms with Gasteiger partial charge in [0.05, 0.1) is 32.8 Å². The normalized spacial score (nSPS) is 28.7. The van der Waals surface area contributed by atoms with E-state index in [1.165, 1.54) is 21.3 Å². The number of methoxy groups -OCH3 is 3. The number of carbonyl (C=O) groups is 1. The van der Waals surface area contributed by atoms with E-state index in [0.29, 0.717) is 28.4 Å². The second kappa shape index (κ2) is 8.29. The Morgan fingerprint density at radius 2 is 1.70 bits per heavy atom. The molecule has 0 amide bonds. The molecule has 2 N–H and O–H groups in total. The predicted molar refractivity (Wildman–Crippen MR) is 129 cm³/mol. The van der Waals surface area contributed by atoms with Crippen molar-refractivity contribution in [2.24, 2.45) is 5.92 Å². The minimum Gasteiger partial charge on any atom is -0.496 e. The van der Waals surface area contributed by atoms with Gasteiger partial charge >= 0.3 is 5.97 Å². The van der Waals surface area contributed by atoms with Crippen LogP contribution < -0.4 is 23.7 Å². The third-order valence-corrected chi connectivity index (χ3v) is 7.71. The van der Waals surface area contributed by atoms with Crippen molar-refractivity contribution in [1.29, 1.82) is 0 Å². The number of fused-ring (bicyclic) bond motifs is 4. The summed E-state index contributed by atoms with van der Waals surface area (Å²) in [5, 5.41) is 24.6. The largest absolute Gasteiger partial charge is 0.496 e. The van der Waals surface area contributed by atoms with E-state index < -0.39 is 35.1 Å². The lowest BCUT2D eigenvalue weighted by Gasteiger charge is -2.40. The molecule has 0 aromatic heterocycles. The molecular formula is C28H26O9. The minimum absolute atomic E-state index is 0.0533. The fraction of sp³-hybridized carbons (Fsp3) is 0.321. The Kier molecular flexibility index (Phi) is 5.25. The zero-order valence-electron chi connectivity index (χ0n) is 20.5. The number of aliphatic hydroxyl groups excluding tert-OH is 1. The van der Waals surface area contributed by atoms with Crippen LogP contribution in [0.15, 0.2) is 60.7 Å². The third kappa shape index (κ3) is 2.95. The zero-order valence-corrected chi connectivity index (χ0v) is 20.5. The van der Waals surface area contributed by atoms with Gasteiger partial charge in [-0.25, -0.2) is 0 Å². The maximum Gasteiger partial charge on any atom is 0.312 e. The first kappa shape index (κ1) is 23.4. The Morgan fingerprint density at radius 3 is 2.41 bits per heavy atom. The molecule has 0 bridgehead atoms. The number of rotatable bonds is 5. The van der Waals surface area contributed by atoms with Crippen LogP contribution in [-0.4, -0.2) is 50.4 Å².